The summed E-state index contributed by atoms with van der Waals surface area (Å²) in [7, 11) is 2.05. The van der Waals surface area contributed by atoms with E-state index in [4.69, 9.17) is 0 Å². The number of hydrogen-bond donors (Lipinski definition) is 0. The Morgan fingerprint density at radius 2 is 1.64 bits per heavy atom. The molecule has 2 aromatic carbocycles. The van der Waals surface area contributed by atoms with Gasteiger partial charge < -0.3 is 4.57 Å². The molecule has 4 heteroatoms. The first-order valence-electron chi connectivity index (χ1n) is 8.50. The Balaban J connectivity index is 1.91. The fraction of sp³-hybridized carbons (Fsp3) is 0.238. The van der Waals surface area contributed by atoms with Gasteiger partial charge in [0.25, 0.3) is 0 Å². The third kappa shape index (κ3) is 2.45. The molecule has 126 valence electrons. The summed E-state index contributed by atoms with van der Waals surface area (Å²) < 4.78 is 4.29. The lowest BCUT2D eigenvalue weighted by Gasteiger charge is -2.15. The summed E-state index contributed by atoms with van der Waals surface area (Å²) >= 11 is 0. The van der Waals surface area contributed by atoms with Gasteiger partial charge in [-0.1, -0.05) is 17.7 Å². The van der Waals surface area contributed by atoms with Gasteiger partial charge in [0.2, 0.25) is 0 Å². The summed E-state index contributed by atoms with van der Waals surface area (Å²) in [6.07, 6.45) is 3.90. The SMILES string of the molecule is Cc1cc(C)c(-n2ccnc2-c2ccc3c(c2)nc(C)n3C)c(C)c1. The maximum atomic E-state index is 4.66. The largest absolute Gasteiger partial charge is 0.331 e. The van der Waals surface area contributed by atoms with Crippen molar-refractivity contribution in [3.8, 4) is 17.1 Å². The van der Waals surface area contributed by atoms with Gasteiger partial charge in [0.1, 0.15) is 11.6 Å². The molecule has 0 saturated heterocycles. The van der Waals surface area contributed by atoms with Crippen molar-refractivity contribution in [3.63, 3.8) is 0 Å². The zero-order valence-corrected chi connectivity index (χ0v) is 15.3. The summed E-state index contributed by atoms with van der Waals surface area (Å²) in [5.74, 6) is 1.96. The third-order valence-corrected chi connectivity index (χ3v) is 4.88. The molecule has 0 radical (unpaired) electrons. The van der Waals surface area contributed by atoms with Crippen LogP contribution in [-0.2, 0) is 7.05 Å². The van der Waals surface area contributed by atoms with Crippen molar-refractivity contribution in [2.75, 3.05) is 0 Å². The highest BCUT2D eigenvalue weighted by Gasteiger charge is 2.14. The van der Waals surface area contributed by atoms with E-state index in [0.717, 1.165) is 28.2 Å². The minimum atomic E-state index is 0.945. The van der Waals surface area contributed by atoms with Crippen molar-refractivity contribution >= 4 is 11.0 Å². The topological polar surface area (TPSA) is 35.6 Å². The molecule has 0 bridgehead atoms. The summed E-state index contributed by atoms with van der Waals surface area (Å²) in [6.45, 7) is 8.48. The molecule has 25 heavy (non-hydrogen) atoms. The maximum Gasteiger partial charge on any atom is 0.144 e. The Hall–Kier alpha value is -2.88. The Morgan fingerprint density at radius 3 is 2.36 bits per heavy atom. The van der Waals surface area contributed by atoms with E-state index in [9.17, 15) is 0 Å². The van der Waals surface area contributed by atoms with Crippen LogP contribution in [0.5, 0.6) is 0 Å². The zero-order chi connectivity index (χ0) is 17.7. The lowest BCUT2D eigenvalue weighted by molar-refractivity contribution is 0.886. The van der Waals surface area contributed by atoms with E-state index in [0.29, 0.717) is 0 Å². The number of aryl methyl sites for hydroxylation is 5. The quantitative estimate of drug-likeness (QED) is 0.536. The molecule has 2 aromatic heterocycles. The van der Waals surface area contributed by atoms with Crippen molar-refractivity contribution in [2.24, 2.45) is 7.05 Å². The van der Waals surface area contributed by atoms with Gasteiger partial charge >= 0.3 is 0 Å². The monoisotopic (exact) mass is 330 g/mol. The van der Waals surface area contributed by atoms with Crippen molar-refractivity contribution in [1.29, 1.82) is 0 Å². The van der Waals surface area contributed by atoms with Crippen molar-refractivity contribution in [3.05, 3.63) is 65.2 Å². The molecular formula is C21H22N4. The minimum Gasteiger partial charge on any atom is -0.331 e. The number of hydrogen-bond acceptors (Lipinski definition) is 2. The highest BCUT2D eigenvalue weighted by molar-refractivity contribution is 5.81. The number of aromatic nitrogens is 4. The van der Waals surface area contributed by atoms with Gasteiger partial charge in [-0.3, -0.25) is 4.57 Å². The first-order chi connectivity index (χ1) is 12.0. The highest BCUT2D eigenvalue weighted by Crippen LogP contribution is 2.28. The molecule has 4 rings (SSSR count). The van der Waals surface area contributed by atoms with Crippen LogP contribution in [0.2, 0.25) is 0 Å². The number of rotatable bonds is 2. The molecular weight excluding hydrogens is 308 g/mol. The average Bonchev–Trinajstić information content (AvgIpc) is 3.12. The lowest BCUT2D eigenvalue weighted by Crippen LogP contribution is -2.02. The van der Waals surface area contributed by atoms with E-state index >= 15 is 0 Å². The van der Waals surface area contributed by atoms with Gasteiger partial charge in [0.15, 0.2) is 0 Å². The number of nitrogens with zero attached hydrogens (tertiary/aromatic N) is 4. The van der Waals surface area contributed by atoms with Gasteiger partial charge in [-0.15, -0.1) is 0 Å². The molecule has 2 heterocycles. The summed E-state index contributed by atoms with van der Waals surface area (Å²) in [4.78, 5) is 9.29. The van der Waals surface area contributed by atoms with Gasteiger partial charge in [-0.25, -0.2) is 9.97 Å². The van der Waals surface area contributed by atoms with Gasteiger partial charge in [-0.2, -0.15) is 0 Å². The first-order valence-corrected chi connectivity index (χ1v) is 8.50. The van der Waals surface area contributed by atoms with E-state index in [-0.39, 0.29) is 0 Å². The van der Waals surface area contributed by atoms with Crippen LogP contribution in [-0.4, -0.2) is 19.1 Å². The lowest BCUT2D eigenvalue weighted by atomic mass is 10.0. The van der Waals surface area contributed by atoms with E-state index in [2.05, 4.69) is 70.2 Å². The molecule has 4 nitrogen and oxygen atoms in total. The van der Waals surface area contributed by atoms with Crippen LogP contribution in [0.4, 0.5) is 0 Å². The molecule has 0 fully saturated rings. The normalized spacial score (nSPS) is 11.4. The fourth-order valence-electron chi connectivity index (χ4n) is 3.71. The van der Waals surface area contributed by atoms with Crippen LogP contribution < -0.4 is 0 Å². The minimum absolute atomic E-state index is 0.945. The molecule has 0 aliphatic rings. The van der Waals surface area contributed by atoms with Crippen LogP contribution in [0.15, 0.2) is 42.7 Å². The second kappa shape index (κ2) is 5.59. The average molecular weight is 330 g/mol. The Labute approximate surface area is 147 Å². The molecule has 4 aromatic rings. The molecule has 0 unspecified atom stereocenters. The second-order valence-electron chi connectivity index (χ2n) is 6.79. The predicted octanol–water partition coefficient (Wildman–Crippen LogP) is 4.66. The number of fused-ring (bicyclic) bond motifs is 1. The Bertz CT molecular complexity index is 1080. The van der Waals surface area contributed by atoms with E-state index in [1.807, 2.05) is 26.4 Å². The van der Waals surface area contributed by atoms with Crippen LogP contribution in [0, 0.1) is 27.7 Å². The van der Waals surface area contributed by atoms with Gasteiger partial charge in [0.05, 0.1) is 16.7 Å². The number of benzene rings is 2. The van der Waals surface area contributed by atoms with Crippen LogP contribution >= 0.6 is 0 Å². The Kier molecular flexibility index (Phi) is 3.49. The fourth-order valence-corrected chi connectivity index (χ4v) is 3.71. The smallest absolute Gasteiger partial charge is 0.144 e. The zero-order valence-electron chi connectivity index (χ0n) is 15.3. The van der Waals surface area contributed by atoms with Gasteiger partial charge in [0, 0.05) is 25.0 Å². The molecule has 0 aliphatic heterocycles. The Morgan fingerprint density at radius 1 is 0.920 bits per heavy atom. The molecule has 0 amide bonds. The van der Waals surface area contributed by atoms with Crippen LogP contribution in [0.3, 0.4) is 0 Å². The summed E-state index contributed by atoms with van der Waals surface area (Å²) in [5.41, 5.74) is 8.22. The molecule has 0 N–H and O–H groups in total. The van der Waals surface area contributed by atoms with E-state index < -0.39 is 0 Å². The van der Waals surface area contributed by atoms with Crippen molar-refractivity contribution in [2.45, 2.75) is 27.7 Å². The highest BCUT2D eigenvalue weighted by atomic mass is 15.1. The first kappa shape index (κ1) is 15.6. The van der Waals surface area contributed by atoms with E-state index in [1.54, 1.807) is 0 Å². The van der Waals surface area contributed by atoms with Crippen molar-refractivity contribution < 1.29 is 0 Å². The summed E-state index contributed by atoms with van der Waals surface area (Å²) in [6, 6.07) is 10.8. The second-order valence-corrected chi connectivity index (χ2v) is 6.79. The predicted molar refractivity (Wildman–Crippen MR) is 102 cm³/mol. The van der Waals surface area contributed by atoms with Crippen molar-refractivity contribution in [1.82, 2.24) is 19.1 Å². The van der Waals surface area contributed by atoms with E-state index in [1.165, 1.54) is 22.4 Å². The molecule has 0 spiro atoms. The molecule has 0 atom stereocenters. The maximum absolute atomic E-state index is 4.66. The number of imidazole rings is 2. The third-order valence-electron chi connectivity index (χ3n) is 4.88. The molecule has 0 saturated carbocycles. The summed E-state index contributed by atoms with van der Waals surface area (Å²) in [5, 5.41) is 0. The molecule has 0 aliphatic carbocycles. The van der Waals surface area contributed by atoms with Crippen LogP contribution in [0.25, 0.3) is 28.1 Å². The van der Waals surface area contributed by atoms with Gasteiger partial charge in [-0.05, 0) is 57.0 Å². The van der Waals surface area contributed by atoms with Crippen LogP contribution in [0.1, 0.15) is 22.5 Å². The standard InChI is InChI=1S/C21H22N4/c1-13-10-14(2)20(15(3)11-13)25-9-8-22-21(25)17-6-7-19-18(12-17)23-16(4)24(19)5/h6-12H,1-5H3.